The van der Waals surface area contributed by atoms with Gasteiger partial charge in [-0.15, -0.1) is 0 Å². The molecule has 63 valence electrons. The van der Waals surface area contributed by atoms with Crippen molar-refractivity contribution in [3.63, 3.8) is 0 Å². The van der Waals surface area contributed by atoms with Gasteiger partial charge in [-0.3, -0.25) is 0 Å². The van der Waals surface area contributed by atoms with Gasteiger partial charge in [0.1, 0.15) is 0 Å². The Morgan fingerprint density at radius 1 is 1.09 bits per heavy atom. The summed E-state index contributed by atoms with van der Waals surface area (Å²) >= 11 is -0.676. The van der Waals surface area contributed by atoms with Crippen molar-refractivity contribution in [2.75, 3.05) is 0 Å². The van der Waals surface area contributed by atoms with Crippen LogP contribution >= 0.6 is 0 Å². The molecule has 11 heavy (non-hydrogen) atoms. The molecule has 1 aromatic carbocycles. The topological polar surface area (TPSA) is 0 Å². The van der Waals surface area contributed by atoms with Crippen LogP contribution in [0.25, 0.3) is 0 Å². The molecule has 1 aromatic rings. The van der Waals surface area contributed by atoms with Gasteiger partial charge in [-0.1, -0.05) is 0 Å². The van der Waals surface area contributed by atoms with Crippen LogP contribution in [0.5, 0.6) is 0 Å². The van der Waals surface area contributed by atoms with Crippen molar-refractivity contribution in [3.8, 4) is 0 Å². The van der Waals surface area contributed by atoms with Crippen LogP contribution in [0.1, 0.15) is 13.8 Å². The summed E-state index contributed by atoms with van der Waals surface area (Å²) < 4.78 is 2.47. The predicted molar refractivity (Wildman–Crippen MR) is 47.0 cm³/mol. The molecule has 0 radical (unpaired) electrons. The van der Waals surface area contributed by atoms with E-state index in [2.05, 4.69) is 49.7 Å². The van der Waals surface area contributed by atoms with E-state index in [1.54, 1.807) is 4.16 Å². The summed E-state index contributed by atoms with van der Waals surface area (Å²) in [7, 11) is 0. The van der Waals surface area contributed by atoms with Crippen LogP contribution in [-0.4, -0.2) is 0 Å². The average molecular weight is 236 g/mol. The first-order chi connectivity index (χ1) is 5.22. The van der Waals surface area contributed by atoms with Gasteiger partial charge in [0.25, 0.3) is 0 Å². The van der Waals surface area contributed by atoms with Gasteiger partial charge < -0.3 is 0 Å². The van der Waals surface area contributed by atoms with Crippen molar-refractivity contribution in [2.24, 2.45) is 0 Å². The van der Waals surface area contributed by atoms with Crippen LogP contribution in [0.3, 0.4) is 0 Å². The van der Waals surface area contributed by atoms with Crippen molar-refractivity contribution >= 4 is 4.16 Å². The van der Waals surface area contributed by atoms with E-state index in [1.807, 2.05) is 0 Å². The Bertz CT molecular complexity index is 203. The van der Waals surface area contributed by atoms with E-state index in [1.165, 1.54) is 0 Å². The van der Waals surface area contributed by atoms with E-state index in [-0.39, 0.29) is 0 Å². The summed E-state index contributed by atoms with van der Waals surface area (Å²) in [6.45, 7) is 4.65. The fourth-order valence-electron chi connectivity index (χ4n) is 0.832. The van der Waals surface area contributed by atoms with Crippen LogP contribution in [0, 0.1) is 0 Å². The second-order valence-corrected chi connectivity index (χ2v) is 8.13. The van der Waals surface area contributed by atoms with Gasteiger partial charge in [-0.05, 0) is 0 Å². The predicted octanol–water partition coefficient (Wildman–Crippen LogP) is 2.81. The molecule has 1 heteroatoms. The van der Waals surface area contributed by atoms with Gasteiger partial charge in [0.2, 0.25) is 0 Å². The van der Waals surface area contributed by atoms with Crippen LogP contribution in [-0.2, 0) is 16.0 Å². The first-order valence-electron chi connectivity index (χ1n) is 3.80. The zero-order valence-electron chi connectivity index (χ0n) is 7.32. The monoisotopic (exact) mass is 237 g/mol. The van der Waals surface area contributed by atoms with Crippen LogP contribution in [0.15, 0.2) is 30.3 Å². The molecule has 0 aliphatic carbocycles. The number of hydrogen-bond donors (Lipinski definition) is 0. The van der Waals surface area contributed by atoms with E-state index in [4.69, 9.17) is 0 Å². The van der Waals surface area contributed by atoms with E-state index in [0.717, 1.165) is 4.51 Å². The maximum absolute atomic E-state index is 2.42. The molecular weight excluding hydrogens is 221 g/mol. The summed E-state index contributed by atoms with van der Waals surface area (Å²) in [6, 6.07) is 10.9. The van der Waals surface area contributed by atoms with E-state index in [0.29, 0.717) is 0 Å². The minimum atomic E-state index is -0.676. The van der Waals surface area contributed by atoms with E-state index in [9.17, 15) is 0 Å². The first kappa shape index (κ1) is 8.94. The molecule has 0 unspecified atom stereocenters. The molecule has 0 amide bonds. The molecule has 0 aromatic heterocycles. The minimum absolute atomic E-state index is 0.676. The Balaban J connectivity index is 2.77. The molecule has 0 heterocycles. The second-order valence-electron chi connectivity index (χ2n) is 2.75. The Kier molecular flexibility index (Phi) is 3.26. The van der Waals surface area contributed by atoms with Crippen LogP contribution in [0.4, 0.5) is 0 Å². The second kappa shape index (κ2) is 4.02. The SMILES string of the molecule is C[CH](C)[Ru]([CH3])[c]1ccccc1. The molecule has 1 rings (SSSR count). The molecule has 0 aliphatic rings. The van der Waals surface area contributed by atoms with E-state index < -0.39 is 16.0 Å². The third kappa shape index (κ3) is 2.41. The fraction of sp³-hybridized carbons (Fsp3) is 0.400. The van der Waals surface area contributed by atoms with Gasteiger partial charge in [-0.2, -0.15) is 0 Å². The van der Waals surface area contributed by atoms with Gasteiger partial charge in [0.05, 0.1) is 0 Å². The van der Waals surface area contributed by atoms with Crippen molar-refractivity contribution in [1.82, 2.24) is 0 Å². The Labute approximate surface area is 74.5 Å². The molecule has 0 bridgehead atoms. The first-order valence-corrected chi connectivity index (χ1v) is 7.41. The third-order valence-corrected chi connectivity index (χ3v) is 6.83. The van der Waals surface area contributed by atoms with Gasteiger partial charge in [0, 0.05) is 0 Å². The fourth-order valence-corrected chi connectivity index (χ4v) is 3.24. The summed E-state index contributed by atoms with van der Waals surface area (Å²) in [4.78, 5) is 0. The zero-order chi connectivity index (χ0) is 8.27. The molecule has 0 fully saturated rings. The molecule has 0 atom stereocenters. The van der Waals surface area contributed by atoms with Crippen molar-refractivity contribution in [3.05, 3.63) is 30.3 Å². The number of rotatable bonds is 2. The zero-order valence-corrected chi connectivity index (χ0v) is 9.06. The summed E-state index contributed by atoms with van der Waals surface area (Å²) in [6.07, 6.45) is 0. The molecule has 0 aliphatic heterocycles. The van der Waals surface area contributed by atoms with Crippen molar-refractivity contribution in [1.29, 1.82) is 0 Å². The Morgan fingerprint density at radius 3 is 2.09 bits per heavy atom. The standard InChI is InChI=1S/C6H5.C3H7.CH3.Ru/c1-2-4-6-5-3-1;1-3-2;;/h1-5H;3H,1-2H3;1H3;. The molecule has 0 spiro atoms. The maximum atomic E-state index is 2.42. The van der Waals surface area contributed by atoms with E-state index >= 15 is 0 Å². The molecule has 0 saturated carbocycles. The van der Waals surface area contributed by atoms with Gasteiger partial charge in [0.15, 0.2) is 0 Å². The third-order valence-electron chi connectivity index (χ3n) is 1.66. The van der Waals surface area contributed by atoms with Crippen molar-refractivity contribution < 1.29 is 16.0 Å². The van der Waals surface area contributed by atoms with Crippen LogP contribution < -0.4 is 4.16 Å². The summed E-state index contributed by atoms with van der Waals surface area (Å²) in [5.41, 5.74) is 2.42. The van der Waals surface area contributed by atoms with Crippen molar-refractivity contribution in [2.45, 2.75) is 23.9 Å². The Hall–Kier alpha value is -0.157. The molecule has 0 N–H and O–H groups in total. The number of hydrogen-bond acceptors (Lipinski definition) is 0. The van der Waals surface area contributed by atoms with Crippen LogP contribution in [0.2, 0.25) is 10.0 Å². The molecule has 0 saturated heterocycles. The normalized spacial score (nSPS) is 11.8. The van der Waals surface area contributed by atoms with Gasteiger partial charge >= 0.3 is 74.3 Å². The summed E-state index contributed by atoms with van der Waals surface area (Å²) in [5.74, 6) is 0. The summed E-state index contributed by atoms with van der Waals surface area (Å²) in [5, 5.41) is 0. The average Bonchev–Trinajstić information content (AvgIpc) is 2.05. The Morgan fingerprint density at radius 2 is 1.64 bits per heavy atom. The number of benzene rings is 1. The molecule has 0 nitrogen and oxygen atoms in total. The van der Waals surface area contributed by atoms with Gasteiger partial charge in [-0.25, -0.2) is 0 Å². The molecular formula is C10H15Ru. The quantitative estimate of drug-likeness (QED) is 0.693.